The van der Waals surface area contributed by atoms with Crippen LogP contribution in [0.4, 0.5) is 10.1 Å². The molecule has 23 heavy (non-hydrogen) atoms. The van der Waals surface area contributed by atoms with Crippen LogP contribution in [0.25, 0.3) is 0 Å². The molecule has 120 valence electrons. The molecular formula is C16H16FN3O2S. The van der Waals surface area contributed by atoms with Gasteiger partial charge in [-0.25, -0.2) is 4.39 Å². The average molecular weight is 333 g/mol. The summed E-state index contributed by atoms with van der Waals surface area (Å²) in [6, 6.07) is 12.8. The number of hydrogen-bond acceptors (Lipinski definition) is 3. The molecule has 0 spiro atoms. The van der Waals surface area contributed by atoms with Crippen molar-refractivity contribution in [1.29, 1.82) is 0 Å². The molecule has 0 heterocycles. The third kappa shape index (κ3) is 5.32. The molecular weight excluding hydrogens is 317 g/mol. The molecule has 0 fully saturated rings. The number of thiocarbonyl (C=S) groups is 1. The molecule has 0 aromatic heterocycles. The average Bonchev–Trinajstić information content (AvgIpc) is 2.55. The maximum Gasteiger partial charge on any atom is 0.269 e. The van der Waals surface area contributed by atoms with Crippen molar-refractivity contribution in [1.82, 2.24) is 10.9 Å². The van der Waals surface area contributed by atoms with Gasteiger partial charge in [0.1, 0.15) is 5.82 Å². The van der Waals surface area contributed by atoms with Gasteiger partial charge in [0.25, 0.3) is 5.91 Å². The normalized spacial score (nSPS) is 10.0. The van der Waals surface area contributed by atoms with Gasteiger partial charge >= 0.3 is 0 Å². The highest BCUT2D eigenvalue weighted by Crippen LogP contribution is 2.08. The smallest absolute Gasteiger partial charge is 0.269 e. The van der Waals surface area contributed by atoms with Gasteiger partial charge in [-0.2, -0.15) is 0 Å². The van der Waals surface area contributed by atoms with Gasteiger partial charge in [-0.3, -0.25) is 15.6 Å². The summed E-state index contributed by atoms with van der Waals surface area (Å²) in [5.41, 5.74) is 7.07. The van der Waals surface area contributed by atoms with E-state index in [4.69, 9.17) is 17.0 Å². The predicted molar refractivity (Wildman–Crippen MR) is 90.4 cm³/mol. The van der Waals surface area contributed by atoms with Gasteiger partial charge in [-0.1, -0.05) is 12.1 Å². The van der Waals surface area contributed by atoms with E-state index < -0.39 is 0 Å². The summed E-state index contributed by atoms with van der Waals surface area (Å²) in [5.74, 6) is -0.662. The first-order chi connectivity index (χ1) is 11.1. The van der Waals surface area contributed by atoms with Crippen LogP contribution in [0.15, 0.2) is 48.5 Å². The third-order valence-electron chi connectivity index (χ3n) is 2.89. The number of rotatable bonds is 4. The fourth-order valence-corrected chi connectivity index (χ4v) is 2.02. The number of ether oxygens (including phenoxy) is 1. The molecule has 2 aromatic carbocycles. The van der Waals surface area contributed by atoms with Crippen LogP contribution in [-0.4, -0.2) is 18.1 Å². The van der Waals surface area contributed by atoms with Crippen molar-refractivity contribution >= 4 is 28.9 Å². The summed E-state index contributed by atoms with van der Waals surface area (Å²) in [6.45, 7) is 0.430. The molecule has 2 aromatic rings. The number of anilines is 1. The van der Waals surface area contributed by atoms with E-state index in [-0.39, 0.29) is 16.8 Å². The highest BCUT2D eigenvalue weighted by molar-refractivity contribution is 7.80. The second-order valence-electron chi connectivity index (χ2n) is 4.67. The van der Waals surface area contributed by atoms with Crippen LogP contribution in [0.3, 0.4) is 0 Å². The minimum atomic E-state index is -0.335. The zero-order valence-corrected chi connectivity index (χ0v) is 13.2. The minimum absolute atomic E-state index is 0.193. The fourth-order valence-electron chi connectivity index (χ4n) is 1.85. The molecule has 0 aliphatic rings. The first kappa shape index (κ1) is 16.9. The van der Waals surface area contributed by atoms with Gasteiger partial charge < -0.3 is 10.1 Å². The number of carbonyl (C=O) groups excluding carboxylic acids is 1. The van der Waals surface area contributed by atoms with E-state index in [1.54, 1.807) is 37.4 Å². The molecule has 0 aliphatic carbocycles. The maximum absolute atomic E-state index is 12.8. The maximum atomic E-state index is 12.8. The highest BCUT2D eigenvalue weighted by atomic mass is 32.1. The molecule has 1 amide bonds. The summed E-state index contributed by atoms with van der Waals surface area (Å²) in [6.07, 6.45) is 0. The Morgan fingerprint density at radius 3 is 2.61 bits per heavy atom. The Bertz CT molecular complexity index is 692. The van der Waals surface area contributed by atoms with E-state index in [0.717, 1.165) is 5.56 Å². The van der Waals surface area contributed by atoms with Gasteiger partial charge in [0.2, 0.25) is 0 Å². The number of halogens is 1. The van der Waals surface area contributed by atoms with Gasteiger partial charge in [-0.05, 0) is 54.2 Å². The molecule has 5 nitrogen and oxygen atoms in total. The Morgan fingerprint density at radius 1 is 1.17 bits per heavy atom. The molecule has 2 rings (SSSR count). The van der Waals surface area contributed by atoms with Crippen LogP contribution in [0.2, 0.25) is 0 Å². The zero-order chi connectivity index (χ0) is 16.7. The van der Waals surface area contributed by atoms with Crippen molar-refractivity contribution in [3.63, 3.8) is 0 Å². The van der Waals surface area contributed by atoms with Gasteiger partial charge in [0, 0.05) is 18.4 Å². The Kier molecular flexibility index (Phi) is 6.02. The molecule has 3 N–H and O–H groups in total. The number of methoxy groups -OCH3 is 1. The highest BCUT2D eigenvalue weighted by Gasteiger charge is 2.06. The molecule has 7 heteroatoms. The number of hydrogen-bond donors (Lipinski definition) is 3. The van der Waals surface area contributed by atoms with E-state index in [1.807, 2.05) is 6.07 Å². The predicted octanol–water partition coefficient (Wildman–Crippen LogP) is 2.60. The Labute approximate surface area is 138 Å². The van der Waals surface area contributed by atoms with Crippen LogP contribution in [0.1, 0.15) is 15.9 Å². The fraction of sp³-hybridized carbons (Fsp3) is 0.125. The summed E-state index contributed by atoms with van der Waals surface area (Å²) in [5, 5.41) is 3.02. The Balaban J connectivity index is 1.87. The molecule has 0 saturated carbocycles. The molecule has 0 saturated heterocycles. The molecule has 0 bridgehead atoms. The van der Waals surface area contributed by atoms with Crippen LogP contribution < -0.4 is 16.2 Å². The monoisotopic (exact) mass is 333 g/mol. The van der Waals surface area contributed by atoms with Crippen LogP contribution in [-0.2, 0) is 11.3 Å². The standard InChI is InChI=1S/C16H16FN3O2S/c1-22-10-11-3-2-4-12(9-11)15(21)19-20-16(23)18-14-7-5-13(17)6-8-14/h2-9H,10H2,1H3,(H,19,21)(H2,18,20,23). The summed E-state index contributed by atoms with van der Waals surface area (Å²) in [4.78, 5) is 12.1. The zero-order valence-electron chi connectivity index (χ0n) is 12.4. The number of benzene rings is 2. The second kappa shape index (κ2) is 8.21. The molecule has 0 atom stereocenters. The first-order valence-corrected chi connectivity index (χ1v) is 7.20. The summed E-state index contributed by atoms with van der Waals surface area (Å²) in [7, 11) is 1.59. The third-order valence-corrected chi connectivity index (χ3v) is 3.10. The van der Waals surface area contributed by atoms with Crippen molar-refractivity contribution in [3.05, 3.63) is 65.5 Å². The van der Waals surface area contributed by atoms with Crippen molar-refractivity contribution in [2.24, 2.45) is 0 Å². The lowest BCUT2D eigenvalue weighted by Gasteiger charge is -2.12. The number of hydrazine groups is 1. The van der Waals surface area contributed by atoms with E-state index >= 15 is 0 Å². The number of carbonyl (C=O) groups is 1. The largest absolute Gasteiger partial charge is 0.380 e. The van der Waals surface area contributed by atoms with Crippen molar-refractivity contribution in [2.45, 2.75) is 6.61 Å². The lowest BCUT2D eigenvalue weighted by molar-refractivity contribution is 0.0944. The molecule has 0 aliphatic heterocycles. The van der Waals surface area contributed by atoms with E-state index in [2.05, 4.69) is 16.2 Å². The second-order valence-corrected chi connectivity index (χ2v) is 5.08. The summed E-state index contributed by atoms with van der Waals surface area (Å²) < 4.78 is 17.8. The topological polar surface area (TPSA) is 62.4 Å². The summed E-state index contributed by atoms with van der Waals surface area (Å²) >= 11 is 5.05. The van der Waals surface area contributed by atoms with Crippen LogP contribution in [0.5, 0.6) is 0 Å². The van der Waals surface area contributed by atoms with Gasteiger partial charge in [0.05, 0.1) is 6.61 Å². The van der Waals surface area contributed by atoms with Crippen molar-refractivity contribution in [2.75, 3.05) is 12.4 Å². The van der Waals surface area contributed by atoms with Crippen molar-refractivity contribution in [3.8, 4) is 0 Å². The number of amides is 1. The van der Waals surface area contributed by atoms with E-state index in [9.17, 15) is 9.18 Å². The lowest BCUT2D eigenvalue weighted by Crippen LogP contribution is -2.43. The molecule has 0 unspecified atom stereocenters. The lowest BCUT2D eigenvalue weighted by atomic mass is 10.1. The Morgan fingerprint density at radius 2 is 1.91 bits per heavy atom. The Hall–Kier alpha value is -2.51. The number of nitrogens with one attached hydrogen (secondary N) is 3. The minimum Gasteiger partial charge on any atom is -0.380 e. The van der Waals surface area contributed by atoms with E-state index in [0.29, 0.717) is 17.9 Å². The van der Waals surface area contributed by atoms with Gasteiger partial charge in [0.15, 0.2) is 5.11 Å². The van der Waals surface area contributed by atoms with Crippen LogP contribution >= 0.6 is 12.2 Å². The molecule has 0 radical (unpaired) electrons. The van der Waals surface area contributed by atoms with Crippen LogP contribution in [0, 0.1) is 5.82 Å². The first-order valence-electron chi connectivity index (χ1n) is 6.79. The van der Waals surface area contributed by atoms with E-state index in [1.165, 1.54) is 12.1 Å². The quantitative estimate of drug-likeness (QED) is 0.593. The SMILES string of the molecule is COCc1cccc(C(=O)NNC(=S)Nc2ccc(F)cc2)c1. The van der Waals surface area contributed by atoms with Gasteiger partial charge in [-0.15, -0.1) is 0 Å². The van der Waals surface area contributed by atoms with Crippen molar-refractivity contribution < 1.29 is 13.9 Å².